The van der Waals surface area contributed by atoms with Crippen LogP contribution in [0.4, 0.5) is 0 Å². The van der Waals surface area contributed by atoms with Gasteiger partial charge in [-0.3, -0.25) is 4.79 Å². The number of hydrogen-bond donors (Lipinski definition) is 4. The highest BCUT2D eigenvalue weighted by atomic mass is 16.4. The van der Waals surface area contributed by atoms with Crippen LogP contribution in [-0.4, -0.2) is 64.9 Å². The molecule has 0 saturated carbocycles. The van der Waals surface area contributed by atoms with Gasteiger partial charge in [0.25, 0.3) is 0 Å². The van der Waals surface area contributed by atoms with E-state index in [1.807, 2.05) is 0 Å². The van der Waals surface area contributed by atoms with E-state index in [1.54, 1.807) is 0 Å². The highest BCUT2D eigenvalue weighted by Gasteiger charge is 2.48. The van der Waals surface area contributed by atoms with E-state index in [-0.39, 0.29) is 5.92 Å². The second-order valence-corrected chi connectivity index (χ2v) is 6.75. The average molecular weight is 312 g/mol. The summed E-state index contributed by atoms with van der Waals surface area (Å²) < 4.78 is 0. The molecular weight excluding hydrogens is 283 g/mol. The fourth-order valence-corrected chi connectivity index (χ4v) is 3.96. The van der Waals surface area contributed by atoms with Gasteiger partial charge in [-0.05, 0) is 64.0 Å². The number of carbonyl (C=O) groups is 1. The first-order valence-corrected chi connectivity index (χ1v) is 8.61. The molecule has 0 radical (unpaired) electrons. The number of likely N-dealkylation sites (tertiary alicyclic amines) is 1. The molecule has 0 aromatic rings. The van der Waals surface area contributed by atoms with Crippen LogP contribution < -0.4 is 5.32 Å². The van der Waals surface area contributed by atoms with Crippen molar-refractivity contribution in [1.82, 2.24) is 10.2 Å². The number of carboxylic acids is 1. The maximum absolute atomic E-state index is 11.9. The number of nitrogens with zero attached hydrogens (tertiary/aromatic N) is 1. The summed E-state index contributed by atoms with van der Waals surface area (Å²) in [5, 5.41) is 31.0. The SMILES string of the molecule is O=C(O)[C@@]1(CCN2CCCCC2)NCC[C@H]1CCCB(O)O. The van der Waals surface area contributed by atoms with Crippen LogP contribution in [0.15, 0.2) is 0 Å². The second-order valence-electron chi connectivity index (χ2n) is 6.75. The van der Waals surface area contributed by atoms with Crippen molar-refractivity contribution in [2.45, 2.75) is 56.8 Å². The lowest BCUT2D eigenvalue weighted by Gasteiger charge is -2.35. The monoisotopic (exact) mass is 312 g/mol. The summed E-state index contributed by atoms with van der Waals surface area (Å²) in [4.78, 5) is 14.3. The van der Waals surface area contributed by atoms with Crippen molar-refractivity contribution in [2.24, 2.45) is 5.92 Å². The maximum Gasteiger partial charge on any atom is 0.451 e. The third-order valence-electron chi connectivity index (χ3n) is 5.30. The third kappa shape index (κ3) is 4.44. The van der Waals surface area contributed by atoms with Gasteiger partial charge in [0.05, 0.1) is 0 Å². The van der Waals surface area contributed by atoms with E-state index in [2.05, 4.69) is 10.2 Å². The predicted octanol–water partition coefficient (Wildman–Crippen LogP) is 0.548. The van der Waals surface area contributed by atoms with Crippen LogP contribution in [0.2, 0.25) is 6.32 Å². The first-order chi connectivity index (χ1) is 10.5. The second kappa shape index (κ2) is 8.29. The van der Waals surface area contributed by atoms with Crippen molar-refractivity contribution in [2.75, 3.05) is 26.2 Å². The van der Waals surface area contributed by atoms with Crippen LogP contribution in [0.3, 0.4) is 0 Å². The van der Waals surface area contributed by atoms with Gasteiger partial charge in [-0.2, -0.15) is 0 Å². The zero-order chi connectivity index (χ0) is 16.0. The van der Waals surface area contributed by atoms with Crippen molar-refractivity contribution >= 4 is 13.1 Å². The molecule has 0 spiro atoms. The van der Waals surface area contributed by atoms with Crippen LogP contribution >= 0.6 is 0 Å². The maximum atomic E-state index is 11.9. The van der Waals surface area contributed by atoms with Crippen LogP contribution in [0.25, 0.3) is 0 Å². The number of aliphatic carboxylic acids is 1. The molecular formula is C15H29BN2O4. The van der Waals surface area contributed by atoms with Gasteiger partial charge in [0.2, 0.25) is 0 Å². The molecule has 7 heteroatoms. The lowest BCUT2D eigenvalue weighted by atomic mass is 9.76. The smallest absolute Gasteiger partial charge is 0.451 e. The van der Waals surface area contributed by atoms with Crippen LogP contribution in [0, 0.1) is 5.92 Å². The van der Waals surface area contributed by atoms with Gasteiger partial charge in [-0.15, -0.1) is 0 Å². The molecule has 0 bridgehead atoms. The molecule has 2 atom stereocenters. The Bertz CT molecular complexity index is 363. The molecule has 0 aromatic heterocycles. The van der Waals surface area contributed by atoms with Gasteiger partial charge < -0.3 is 25.4 Å². The summed E-state index contributed by atoms with van der Waals surface area (Å²) in [6.45, 7) is 3.73. The molecule has 6 nitrogen and oxygen atoms in total. The van der Waals surface area contributed by atoms with E-state index in [0.717, 1.165) is 39.0 Å². The molecule has 0 amide bonds. The molecule has 0 unspecified atom stereocenters. The average Bonchev–Trinajstić information content (AvgIpc) is 2.90. The van der Waals surface area contributed by atoms with E-state index >= 15 is 0 Å². The fraction of sp³-hybridized carbons (Fsp3) is 0.933. The molecule has 2 aliphatic rings. The Kier molecular flexibility index (Phi) is 6.68. The van der Waals surface area contributed by atoms with Gasteiger partial charge in [0.1, 0.15) is 5.54 Å². The lowest BCUT2D eigenvalue weighted by Crippen LogP contribution is -2.54. The van der Waals surface area contributed by atoms with Crippen molar-refractivity contribution in [3.05, 3.63) is 0 Å². The van der Waals surface area contributed by atoms with Crippen LogP contribution in [-0.2, 0) is 4.79 Å². The predicted molar refractivity (Wildman–Crippen MR) is 85.6 cm³/mol. The number of hydrogen-bond acceptors (Lipinski definition) is 5. The minimum Gasteiger partial charge on any atom is -0.480 e. The normalized spacial score (nSPS) is 29.6. The summed E-state index contributed by atoms with van der Waals surface area (Å²) in [5.74, 6) is -0.676. The molecule has 22 heavy (non-hydrogen) atoms. The van der Waals surface area contributed by atoms with Crippen molar-refractivity contribution in [3.63, 3.8) is 0 Å². The van der Waals surface area contributed by atoms with Crippen molar-refractivity contribution in [1.29, 1.82) is 0 Å². The largest absolute Gasteiger partial charge is 0.480 e. The zero-order valence-corrected chi connectivity index (χ0v) is 13.3. The Labute approximate surface area is 133 Å². The molecule has 2 heterocycles. The van der Waals surface area contributed by atoms with E-state index in [1.165, 1.54) is 19.3 Å². The van der Waals surface area contributed by atoms with E-state index in [4.69, 9.17) is 10.0 Å². The van der Waals surface area contributed by atoms with Crippen molar-refractivity contribution in [3.8, 4) is 0 Å². The Morgan fingerprint density at radius 2 is 2.00 bits per heavy atom. The van der Waals surface area contributed by atoms with E-state index < -0.39 is 18.6 Å². The van der Waals surface area contributed by atoms with Crippen LogP contribution in [0.5, 0.6) is 0 Å². The first-order valence-electron chi connectivity index (χ1n) is 8.61. The topological polar surface area (TPSA) is 93.0 Å². The number of carboxylic acid groups (broad SMARTS) is 1. The third-order valence-corrected chi connectivity index (χ3v) is 5.30. The van der Waals surface area contributed by atoms with Gasteiger partial charge >= 0.3 is 13.1 Å². The zero-order valence-electron chi connectivity index (χ0n) is 13.3. The van der Waals surface area contributed by atoms with Gasteiger partial charge in [0, 0.05) is 6.54 Å². The van der Waals surface area contributed by atoms with E-state index in [9.17, 15) is 9.90 Å². The molecule has 126 valence electrons. The summed E-state index contributed by atoms with van der Waals surface area (Å²) in [6.07, 6.45) is 6.90. The van der Waals surface area contributed by atoms with Gasteiger partial charge in [0.15, 0.2) is 0 Å². The Balaban J connectivity index is 1.91. The summed E-state index contributed by atoms with van der Waals surface area (Å²) in [5.41, 5.74) is -0.835. The fourth-order valence-electron chi connectivity index (χ4n) is 3.96. The molecule has 4 N–H and O–H groups in total. The lowest BCUT2D eigenvalue weighted by molar-refractivity contribution is -0.146. The molecule has 2 rings (SSSR count). The summed E-state index contributed by atoms with van der Waals surface area (Å²) in [6, 6.07) is 0. The highest BCUT2D eigenvalue weighted by molar-refractivity contribution is 6.40. The first kappa shape index (κ1) is 17.7. The number of piperidine rings is 1. The molecule has 2 saturated heterocycles. The molecule has 2 fully saturated rings. The summed E-state index contributed by atoms with van der Waals surface area (Å²) in [7, 11) is -1.29. The standard InChI is InChI=1S/C15H29BN2O4/c19-14(20)15(7-12-18-10-2-1-3-11-18)13(6-9-17-15)5-4-8-16(21)22/h13,17,21-22H,1-12H2,(H,19,20)/t13-,15+/m1/s1. The quantitative estimate of drug-likeness (QED) is 0.489. The minimum atomic E-state index is -1.29. The molecule has 2 aliphatic heterocycles. The van der Waals surface area contributed by atoms with Gasteiger partial charge in [-0.1, -0.05) is 12.8 Å². The highest BCUT2D eigenvalue weighted by Crippen LogP contribution is 2.35. The number of rotatable bonds is 8. The molecule has 0 aliphatic carbocycles. The Morgan fingerprint density at radius 3 is 2.64 bits per heavy atom. The number of nitrogens with one attached hydrogen (secondary N) is 1. The van der Waals surface area contributed by atoms with Crippen molar-refractivity contribution < 1.29 is 19.9 Å². The van der Waals surface area contributed by atoms with E-state index in [0.29, 0.717) is 19.2 Å². The minimum absolute atomic E-state index is 0.0774. The molecule has 0 aromatic carbocycles. The van der Waals surface area contributed by atoms with Gasteiger partial charge in [-0.25, -0.2) is 0 Å². The Morgan fingerprint density at radius 1 is 1.27 bits per heavy atom. The summed E-state index contributed by atoms with van der Waals surface area (Å²) >= 11 is 0. The Hall–Kier alpha value is -0.625. The van der Waals surface area contributed by atoms with Crippen LogP contribution in [0.1, 0.15) is 44.9 Å².